The second-order valence-electron chi connectivity index (χ2n) is 9.82. The van der Waals surface area contributed by atoms with Gasteiger partial charge in [-0.15, -0.1) is 0 Å². The third-order valence-corrected chi connectivity index (χ3v) is 7.69. The Hall–Kier alpha value is -0.260. The van der Waals surface area contributed by atoms with E-state index >= 15 is 0 Å². The second kappa shape index (κ2) is 11.5. The van der Waals surface area contributed by atoms with Gasteiger partial charge < -0.3 is 0 Å². The summed E-state index contributed by atoms with van der Waals surface area (Å²) in [5, 5.41) is 0. The Balaban J connectivity index is 1.52. The number of unbranched alkanes of at least 4 members (excludes halogenated alkanes) is 1. The smallest absolute Gasteiger partial charge is 0.0320 e. The summed E-state index contributed by atoms with van der Waals surface area (Å²) in [4.78, 5) is 0. The largest absolute Gasteiger partial charge is 0.0853 e. The third-order valence-electron chi connectivity index (χ3n) is 7.69. The highest BCUT2D eigenvalue weighted by Gasteiger charge is 2.21. The molecule has 0 heteroatoms. The first-order valence-corrected chi connectivity index (χ1v) is 11.7. The molecule has 0 aromatic carbocycles. The quantitative estimate of drug-likeness (QED) is 0.290. The van der Waals surface area contributed by atoms with Crippen LogP contribution >= 0.6 is 0 Å². The van der Waals surface area contributed by atoms with Crippen molar-refractivity contribution < 1.29 is 0 Å². The van der Waals surface area contributed by atoms with Crippen LogP contribution in [0.1, 0.15) is 118 Å². The lowest BCUT2D eigenvalue weighted by atomic mass is 9.78. The molecule has 0 N–H and O–H groups in total. The van der Waals surface area contributed by atoms with Gasteiger partial charge in [0.15, 0.2) is 0 Å². The van der Waals surface area contributed by atoms with Crippen LogP contribution in [-0.4, -0.2) is 0 Å². The molecule has 0 saturated heterocycles. The Morgan fingerprint density at radius 1 is 0.960 bits per heavy atom. The first kappa shape index (κ1) is 21.0. The van der Waals surface area contributed by atoms with Gasteiger partial charge in [0.2, 0.25) is 0 Å². The molecule has 1 fully saturated rings. The molecule has 0 spiro atoms. The van der Waals surface area contributed by atoms with Gasteiger partial charge in [-0.25, -0.2) is 0 Å². The third kappa shape index (κ3) is 7.88. The van der Waals surface area contributed by atoms with Gasteiger partial charge in [-0.3, -0.25) is 0 Å². The summed E-state index contributed by atoms with van der Waals surface area (Å²) in [7, 11) is 0. The Morgan fingerprint density at radius 2 is 1.68 bits per heavy atom. The van der Waals surface area contributed by atoms with E-state index in [1.54, 1.807) is 5.57 Å². The van der Waals surface area contributed by atoms with Crippen molar-refractivity contribution >= 4 is 0 Å². The molecule has 0 nitrogen and oxygen atoms in total. The van der Waals surface area contributed by atoms with Gasteiger partial charge in [-0.05, 0) is 62.2 Å². The summed E-state index contributed by atoms with van der Waals surface area (Å²) < 4.78 is 0. The number of hydrogen-bond acceptors (Lipinski definition) is 0. The van der Waals surface area contributed by atoms with E-state index in [0.717, 1.165) is 29.6 Å². The van der Waals surface area contributed by atoms with Crippen molar-refractivity contribution in [3.05, 3.63) is 11.6 Å². The summed E-state index contributed by atoms with van der Waals surface area (Å²) in [5.74, 6) is 4.95. The van der Waals surface area contributed by atoms with E-state index in [-0.39, 0.29) is 0 Å². The number of allylic oxidation sites excluding steroid dienone is 2. The predicted molar refractivity (Wildman–Crippen MR) is 113 cm³/mol. The maximum absolute atomic E-state index is 2.51. The van der Waals surface area contributed by atoms with Crippen molar-refractivity contribution in [3.8, 4) is 0 Å². The maximum Gasteiger partial charge on any atom is -0.0320 e. The zero-order valence-corrected chi connectivity index (χ0v) is 17.9. The number of hydrogen-bond donors (Lipinski definition) is 0. The fourth-order valence-electron chi connectivity index (χ4n) is 5.31. The highest BCUT2D eigenvalue weighted by molar-refractivity contribution is 5.01. The van der Waals surface area contributed by atoms with Crippen LogP contribution in [-0.2, 0) is 0 Å². The molecule has 1 saturated carbocycles. The summed E-state index contributed by atoms with van der Waals surface area (Å²) in [6, 6.07) is 0. The molecule has 146 valence electrons. The van der Waals surface area contributed by atoms with Gasteiger partial charge >= 0.3 is 0 Å². The normalized spacial score (nSPS) is 32.1. The molecule has 2 aliphatic rings. The molecular formula is C25H46. The lowest BCUT2D eigenvalue weighted by Crippen LogP contribution is -2.14. The fourth-order valence-corrected chi connectivity index (χ4v) is 5.31. The van der Waals surface area contributed by atoms with Crippen molar-refractivity contribution in [2.24, 2.45) is 29.6 Å². The summed E-state index contributed by atoms with van der Waals surface area (Å²) in [6.07, 6.45) is 23.0. The molecule has 0 aliphatic heterocycles. The van der Waals surface area contributed by atoms with Crippen molar-refractivity contribution in [2.45, 2.75) is 118 Å². The number of rotatable bonds is 9. The van der Waals surface area contributed by atoms with Gasteiger partial charge in [0, 0.05) is 0 Å². The Bertz CT molecular complexity index is 371. The minimum atomic E-state index is 0.905. The minimum Gasteiger partial charge on any atom is -0.0853 e. The average Bonchev–Trinajstić information content (AvgIpc) is 2.79. The monoisotopic (exact) mass is 346 g/mol. The molecule has 0 heterocycles. The topological polar surface area (TPSA) is 0 Å². The van der Waals surface area contributed by atoms with Crippen LogP contribution in [0.25, 0.3) is 0 Å². The second-order valence-corrected chi connectivity index (χ2v) is 9.82. The van der Waals surface area contributed by atoms with Gasteiger partial charge in [-0.1, -0.05) is 96.6 Å². The van der Waals surface area contributed by atoms with Crippen LogP contribution in [0.4, 0.5) is 0 Å². The minimum absolute atomic E-state index is 0.905. The van der Waals surface area contributed by atoms with E-state index in [0.29, 0.717) is 0 Å². The lowest BCUT2D eigenvalue weighted by molar-refractivity contribution is 0.251. The highest BCUT2D eigenvalue weighted by atomic mass is 14.3. The van der Waals surface area contributed by atoms with Crippen LogP contribution in [0.2, 0.25) is 0 Å². The zero-order valence-electron chi connectivity index (χ0n) is 17.9. The molecule has 0 bridgehead atoms. The van der Waals surface area contributed by atoms with Gasteiger partial charge in [0.25, 0.3) is 0 Å². The van der Waals surface area contributed by atoms with Crippen molar-refractivity contribution in [2.75, 3.05) is 0 Å². The van der Waals surface area contributed by atoms with Crippen LogP contribution in [0.15, 0.2) is 11.6 Å². The van der Waals surface area contributed by atoms with E-state index in [9.17, 15) is 0 Å². The van der Waals surface area contributed by atoms with Crippen LogP contribution in [0.5, 0.6) is 0 Å². The summed E-state index contributed by atoms with van der Waals surface area (Å²) in [6.45, 7) is 9.70. The van der Waals surface area contributed by atoms with Gasteiger partial charge in [0.05, 0.1) is 0 Å². The Morgan fingerprint density at radius 3 is 2.40 bits per heavy atom. The Kier molecular flexibility index (Phi) is 9.64. The molecule has 2 unspecified atom stereocenters. The van der Waals surface area contributed by atoms with Crippen molar-refractivity contribution in [1.82, 2.24) is 0 Å². The first-order valence-electron chi connectivity index (χ1n) is 11.7. The van der Waals surface area contributed by atoms with Crippen molar-refractivity contribution in [1.29, 1.82) is 0 Å². The van der Waals surface area contributed by atoms with Gasteiger partial charge in [0.1, 0.15) is 0 Å². The zero-order chi connectivity index (χ0) is 18.1. The SMILES string of the molecule is CCC1CCC(CCCC[C@@H](C)CCC2CCC(C)=CCC2C)CC1. The molecular weight excluding hydrogens is 300 g/mol. The molecule has 3 atom stereocenters. The van der Waals surface area contributed by atoms with E-state index in [4.69, 9.17) is 0 Å². The van der Waals surface area contributed by atoms with Crippen molar-refractivity contribution in [3.63, 3.8) is 0 Å². The predicted octanol–water partition coefficient (Wildman–Crippen LogP) is 8.56. The first-order chi connectivity index (χ1) is 12.1. The van der Waals surface area contributed by atoms with E-state index in [1.165, 1.54) is 89.9 Å². The standard InChI is InChI=1S/C25H46/c1-5-23-14-16-24(17-15-23)9-7-6-8-20(2)11-18-25-19-12-21(3)10-13-22(25)4/h10,20,22-25H,5-9,11-19H2,1-4H3/t20-,22?,23?,24?,25?/m1/s1. The molecule has 0 amide bonds. The van der Waals surface area contributed by atoms with Crippen LogP contribution < -0.4 is 0 Å². The Labute approximate surface area is 159 Å². The molecule has 0 aromatic heterocycles. The molecule has 25 heavy (non-hydrogen) atoms. The average molecular weight is 347 g/mol. The summed E-state index contributed by atoms with van der Waals surface area (Å²) in [5.41, 5.74) is 1.63. The van der Waals surface area contributed by atoms with Crippen LogP contribution in [0, 0.1) is 29.6 Å². The molecule has 2 rings (SSSR count). The van der Waals surface area contributed by atoms with E-state index in [2.05, 4.69) is 33.8 Å². The van der Waals surface area contributed by atoms with Crippen LogP contribution in [0.3, 0.4) is 0 Å². The summed E-state index contributed by atoms with van der Waals surface area (Å²) >= 11 is 0. The van der Waals surface area contributed by atoms with E-state index < -0.39 is 0 Å². The fraction of sp³-hybridized carbons (Fsp3) is 0.920. The molecule has 0 aromatic rings. The maximum atomic E-state index is 2.51. The molecule has 2 aliphatic carbocycles. The van der Waals surface area contributed by atoms with E-state index in [1.807, 2.05) is 0 Å². The lowest BCUT2D eigenvalue weighted by Gasteiger charge is -2.28. The highest BCUT2D eigenvalue weighted by Crippen LogP contribution is 2.34. The van der Waals surface area contributed by atoms with Gasteiger partial charge in [-0.2, -0.15) is 0 Å². The molecule has 0 radical (unpaired) electrons.